The van der Waals surface area contributed by atoms with Gasteiger partial charge in [-0.15, -0.1) is 0 Å². The fraction of sp³-hybridized carbons (Fsp3) is 0.300. The van der Waals surface area contributed by atoms with Crippen LogP contribution in [0.4, 0.5) is 5.69 Å². The van der Waals surface area contributed by atoms with E-state index in [9.17, 15) is 26.4 Å². The minimum Gasteiger partial charge on any atom is -0.449 e. The van der Waals surface area contributed by atoms with Crippen LogP contribution in [0, 0.1) is 0 Å². The number of nitrogens with zero attached hydrogens (tertiary/aromatic N) is 2. The van der Waals surface area contributed by atoms with E-state index in [2.05, 4.69) is 5.32 Å². The number of nitrogens with one attached hydrogen (secondary N) is 1. The quantitative estimate of drug-likeness (QED) is 0.561. The van der Waals surface area contributed by atoms with Crippen LogP contribution in [0.1, 0.15) is 17.3 Å². The van der Waals surface area contributed by atoms with Gasteiger partial charge in [0.2, 0.25) is 20.0 Å². The molecule has 0 aliphatic carbocycles. The first-order chi connectivity index (χ1) is 14.8. The van der Waals surface area contributed by atoms with E-state index in [4.69, 9.17) is 4.74 Å². The first-order valence-corrected chi connectivity index (χ1v) is 12.2. The maximum atomic E-state index is 12.4. The highest BCUT2D eigenvalue weighted by atomic mass is 32.2. The van der Waals surface area contributed by atoms with E-state index < -0.39 is 38.0 Å². The molecule has 32 heavy (non-hydrogen) atoms. The van der Waals surface area contributed by atoms with Crippen molar-refractivity contribution < 1.29 is 31.2 Å². The topological polar surface area (TPSA) is 130 Å². The van der Waals surface area contributed by atoms with Gasteiger partial charge in [-0.2, -0.15) is 0 Å². The summed E-state index contributed by atoms with van der Waals surface area (Å²) in [6, 6.07) is 10.9. The zero-order valence-corrected chi connectivity index (χ0v) is 19.9. The van der Waals surface area contributed by atoms with Gasteiger partial charge in [0.1, 0.15) is 0 Å². The molecule has 1 amide bonds. The maximum absolute atomic E-state index is 12.4. The summed E-state index contributed by atoms with van der Waals surface area (Å²) in [5, 5.41) is 2.50. The number of benzene rings is 2. The standard InChI is InChI=1S/C20H25N3O7S2/c1-14(19(24)21-16-9-7-11-18(13-16)32(28,29)23(4)5)30-20(25)15-8-6-10-17(12-15)31(26,27)22(2)3/h6-14H,1-5H3,(H,21,24)/t14-/m1/s1. The molecule has 0 unspecified atom stereocenters. The van der Waals surface area contributed by atoms with Crippen molar-refractivity contribution in [3.05, 3.63) is 54.1 Å². The largest absolute Gasteiger partial charge is 0.449 e. The van der Waals surface area contributed by atoms with Crippen molar-refractivity contribution in [2.45, 2.75) is 22.8 Å². The maximum Gasteiger partial charge on any atom is 0.338 e. The summed E-state index contributed by atoms with van der Waals surface area (Å²) >= 11 is 0. The number of rotatable bonds is 8. The number of ether oxygens (including phenoxy) is 1. The van der Waals surface area contributed by atoms with Gasteiger partial charge >= 0.3 is 5.97 Å². The molecular formula is C20H25N3O7S2. The van der Waals surface area contributed by atoms with Crippen LogP contribution in [0.25, 0.3) is 0 Å². The number of hydrogen-bond acceptors (Lipinski definition) is 7. The minimum atomic E-state index is -3.75. The first-order valence-electron chi connectivity index (χ1n) is 9.34. The monoisotopic (exact) mass is 483 g/mol. The molecule has 0 fully saturated rings. The molecule has 0 saturated heterocycles. The average Bonchev–Trinajstić information content (AvgIpc) is 2.73. The number of carbonyl (C=O) groups is 2. The Hall–Kier alpha value is -2.80. The molecule has 2 aromatic rings. The number of carbonyl (C=O) groups excluding carboxylic acids is 2. The van der Waals surface area contributed by atoms with Crippen molar-refractivity contribution in [3.8, 4) is 0 Å². The Labute approximate surface area is 187 Å². The van der Waals surface area contributed by atoms with Crippen LogP contribution < -0.4 is 5.32 Å². The Balaban J connectivity index is 2.13. The second kappa shape index (κ2) is 9.77. The van der Waals surface area contributed by atoms with Gasteiger partial charge in [-0.3, -0.25) is 4.79 Å². The normalized spacial score (nSPS) is 13.1. The highest BCUT2D eigenvalue weighted by Gasteiger charge is 2.23. The molecule has 1 atom stereocenters. The van der Waals surface area contributed by atoms with E-state index in [0.717, 1.165) is 14.7 Å². The lowest BCUT2D eigenvalue weighted by Gasteiger charge is -2.16. The van der Waals surface area contributed by atoms with Crippen LogP contribution >= 0.6 is 0 Å². The number of hydrogen-bond donors (Lipinski definition) is 1. The summed E-state index contributed by atoms with van der Waals surface area (Å²) in [7, 11) is -1.92. The Morgan fingerprint density at radius 2 is 1.34 bits per heavy atom. The highest BCUT2D eigenvalue weighted by Crippen LogP contribution is 2.19. The highest BCUT2D eigenvalue weighted by molar-refractivity contribution is 7.89. The third-order valence-electron chi connectivity index (χ3n) is 4.38. The summed E-state index contributed by atoms with van der Waals surface area (Å²) in [6.07, 6.45) is -1.23. The second-order valence-electron chi connectivity index (χ2n) is 7.17. The van der Waals surface area contributed by atoms with Crippen molar-refractivity contribution in [1.82, 2.24) is 8.61 Å². The van der Waals surface area contributed by atoms with E-state index in [0.29, 0.717) is 0 Å². The third-order valence-corrected chi connectivity index (χ3v) is 8.00. The molecule has 0 aliphatic heterocycles. The third kappa shape index (κ3) is 5.71. The van der Waals surface area contributed by atoms with E-state index in [1.807, 2.05) is 0 Å². The van der Waals surface area contributed by atoms with Crippen molar-refractivity contribution in [3.63, 3.8) is 0 Å². The van der Waals surface area contributed by atoms with Crippen molar-refractivity contribution in [1.29, 1.82) is 0 Å². The molecule has 2 aromatic carbocycles. The molecule has 174 valence electrons. The fourth-order valence-corrected chi connectivity index (χ4v) is 4.36. The molecule has 0 radical (unpaired) electrons. The molecule has 1 N–H and O–H groups in total. The van der Waals surface area contributed by atoms with Gasteiger partial charge < -0.3 is 10.1 Å². The van der Waals surface area contributed by atoms with Gasteiger partial charge in [0.25, 0.3) is 5.91 Å². The number of sulfonamides is 2. The smallest absolute Gasteiger partial charge is 0.338 e. The van der Waals surface area contributed by atoms with E-state index in [-0.39, 0.29) is 21.0 Å². The van der Waals surface area contributed by atoms with Crippen LogP contribution in [0.3, 0.4) is 0 Å². The molecule has 0 heterocycles. The van der Waals surface area contributed by atoms with Gasteiger partial charge in [0, 0.05) is 33.9 Å². The molecule has 12 heteroatoms. The zero-order chi connectivity index (χ0) is 24.3. The van der Waals surface area contributed by atoms with Crippen LogP contribution in [0.15, 0.2) is 58.3 Å². The zero-order valence-electron chi connectivity index (χ0n) is 18.3. The molecule has 2 rings (SSSR count). The van der Waals surface area contributed by atoms with Crippen molar-refractivity contribution in [2.24, 2.45) is 0 Å². The molecule has 0 aliphatic rings. The summed E-state index contributed by atoms with van der Waals surface area (Å²) in [6.45, 7) is 1.34. The van der Waals surface area contributed by atoms with Crippen LogP contribution in [-0.4, -0.2) is 71.6 Å². The SMILES string of the molecule is C[C@@H](OC(=O)c1cccc(S(=O)(=O)N(C)C)c1)C(=O)Nc1cccc(S(=O)(=O)N(C)C)c1. The van der Waals surface area contributed by atoms with Crippen LogP contribution in [-0.2, 0) is 29.6 Å². The molecular weight excluding hydrogens is 458 g/mol. The lowest BCUT2D eigenvalue weighted by atomic mass is 10.2. The molecule has 0 spiro atoms. The number of anilines is 1. The lowest BCUT2D eigenvalue weighted by molar-refractivity contribution is -0.123. The summed E-state index contributed by atoms with van der Waals surface area (Å²) < 4.78 is 56.2. The van der Waals surface area contributed by atoms with Gasteiger partial charge in [0.05, 0.1) is 15.4 Å². The molecule has 0 bridgehead atoms. The average molecular weight is 484 g/mol. The first kappa shape index (κ1) is 25.5. The summed E-state index contributed by atoms with van der Waals surface area (Å²) in [5.74, 6) is -1.57. The number of amides is 1. The van der Waals surface area contributed by atoms with Crippen molar-refractivity contribution in [2.75, 3.05) is 33.5 Å². The predicted molar refractivity (Wildman–Crippen MR) is 118 cm³/mol. The van der Waals surface area contributed by atoms with Gasteiger partial charge in [0.15, 0.2) is 6.10 Å². The van der Waals surface area contributed by atoms with Gasteiger partial charge in [-0.05, 0) is 43.3 Å². The van der Waals surface area contributed by atoms with Gasteiger partial charge in [-0.1, -0.05) is 12.1 Å². The summed E-state index contributed by atoms with van der Waals surface area (Å²) in [5.41, 5.74) is 0.173. The van der Waals surface area contributed by atoms with Crippen LogP contribution in [0.2, 0.25) is 0 Å². The van der Waals surface area contributed by atoms with Gasteiger partial charge in [-0.25, -0.2) is 30.2 Å². The summed E-state index contributed by atoms with van der Waals surface area (Å²) in [4.78, 5) is 24.8. The van der Waals surface area contributed by atoms with E-state index in [1.54, 1.807) is 0 Å². The Morgan fingerprint density at radius 3 is 1.88 bits per heavy atom. The van der Waals surface area contributed by atoms with Crippen molar-refractivity contribution >= 4 is 37.6 Å². The second-order valence-corrected chi connectivity index (χ2v) is 11.5. The Morgan fingerprint density at radius 1 is 0.844 bits per heavy atom. The molecule has 0 aromatic heterocycles. The van der Waals surface area contributed by atoms with Crippen LogP contribution in [0.5, 0.6) is 0 Å². The van der Waals surface area contributed by atoms with E-state index >= 15 is 0 Å². The fourth-order valence-electron chi connectivity index (χ4n) is 2.47. The lowest BCUT2D eigenvalue weighted by Crippen LogP contribution is -2.30. The minimum absolute atomic E-state index is 0.0103. The number of esters is 1. The predicted octanol–water partition coefficient (Wildman–Crippen LogP) is 1.37. The Kier molecular flexibility index (Phi) is 7.78. The Bertz CT molecular complexity index is 1220. The van der Waals surface area contributed by atoms with E-state index in [1.165, 1.54) is 77.6 Å². The molecule has 0 saturated carbocycles. The molecule has 10 nitrogen and oxygen atoms in total.